The minimum absolute atomic E-state index is 0.833. The molecular formula is C20H41O18. The highest BCUT2D eigenvalue weighted by atomic mass is 16.4. The van der Waals surface area contributed by atoms with Gasteiger partial charge in [-0.05, 0) is 0 Å². The van der Waals surface area contributed by atoms with Crippen LogP contribution in [0.25, 0.3) is 0 Å². The van der Waals surface area contributed by atoms with Crippen molar-refractivity contribution in [3.8, 4) is 0 Å². The van der Waals surface area contributed by atoms with E-state index in [0.717, 1.165) is 62.3 Å². The molecule has 0 saturated heterocycles. The fourth-order valence-electron chi connectivity index (χ4n) is 0. The van der Waals surface area contributed by atoms with Crippen LogP contribution in [-0.2, 0) is 43.2 Å². The Labute approximate surface area is 219 Å². The van der Waals surface area contributed by atoms with E-state index < -0.39 is 53.7 Å². The zero-order valence-corrected chi connectivity index (χ0v) is 22.9. The van der Waals surface area contributed by atoms with Crippen LogP contribution < -0.4 is 0 Å². The van der Waals surface area contributed by atoms with Gasteiger partial charge in [0.2, 0.25) is 0 Å². The molecule has 0 heterocycles. The van der Waals surface area contributed by atoms with Gasteiger partial charge in [0.25, 0.3) is 53.7 Å². The fourth-order valence-corrected chi connectivity index (χ4v) is 0. The molecule has 18 heteroatoms. The molecule has 0 atom stereocenters. The molecule has 38 heavy (non-hydrogen) atoms. The number of aliphatic carboxylic acids is 9. The zero-order chi connectivity index (χ0) is 34.2. The quantitative estimate of drug-likeness (QED) is 0.200. The molecule has 0 aromatic carbocycles. The van der Waals surface area contributed by atoms with Crippen molar-refractivity contribution in [1.29, 1.82) is 0 Å². The Balaban J connectivity index is -0.0000000288. The predicted molar refractivity (Wildman–Crippen MR) is 131 cm³/mol. The van der Waals surface area contributed by atoms with Crippen molar-refractivity contribution in [2.45, 2.75) is 69.2 Å². The van der Waals surface area contributed by atoms with Crippen molar-refractivity contribution in [3.63, 3.8) is 0 Å². The average Bonchev–Trinajstić information content (AvgIpc) is 2.50. The predicted octanol–water partition coefficient (Wildman–Crippen LogP) is 1.66. The third kappa shape index (κ3) is 1250. The summed E-state index contributed by atoms with van der Waals surface area (Å²) in [6, 6.07) is 0. The van der Waals surface area contributed by atoms with E-state index in [9.17, 15) is 0 Å². The van der Waals surface area contributed by atoms with E-state index in [1.165, 1.54) is 0 Å². The second-order valence-electron chi connectivity index (χ2n) is 4.67. The van der Waals surface area contributed by atoms with Gasteiger partial charge in [-0.25, -0.2) is 0 Å². The molecule has 0 amide bonds. The highest BCUT2D eigenvalue weighted by Gasteiger charge is 1.68. The van der Waals surface area contributed by atoms with Crippen LogP contribution in [0.3, 0.4) is 0 Å². The summed E-state index contributed by atoms with van der Waals surface area (Å²) in [5.41, 5.74) is 0. The lowest BCUT2D eigenvalue weighted by Crippen LogP contribution is -1.78. The van der Waals surface area contributed by atoms with Gasteiger partial charge in [-0.1, -0.05) is 13.8 Å². The lowest BCUT2D eigenvalue weighted by molar-refractivity contribution is -0.135. The molecule has 229 valence electrons. The SMILES string of the molecule is CC(=O)O.CC(=O)O.CC(=O)O.CC(=O)O.CC(=O)O.CC(=O)O.CC(=O)O.CC(=O)O.CC(=O)O.[CH2]C. The maximum atomic E-state index is 9.00. The van der Waals surface area contributed by atoms with Gasteiger partial charge < -0.3 is 46.0 Å². The van der Waals surface area contributed by atoms with Crippen molar-refractivity contribution in [1.82, 2.24) is 0 Å². The molecule has 0 saturated carbocycles. The smallest absolute Gasteiger partial charge is 0.300 e. The number of carboxylic acids is 9. The summed E-state index contributed by atoms with van der Waals surface area (Å²) >= 11 is 0. The highest BCUT2D eigenvalue weighted by Crippen LogP contribution is 1.45. The van der Waals surface area contributed by atoms with Gasteiger partial charge in [-0.3, -0.25) is 43.2 Å². The Kier molecular flexibility index (Phi) is 107. The van der Waals surface area contributed by atoms with E-state index in [-0.39, 0.29) is 0 Å². The first-order valence-electron chi connectivity index (χ1n) is 9.06. The summed E-state index contributed by atoms with van der Waals surface area (Å²) in [5.74, 6) is -7.50. The summed E-state index contributed by atoms with van der Waals surface area (Å²) in [5, 5.41) is 66.7. The van der Waals surface area contributed by atoms with Crippen molar-refractivity contribution >= 4 is 53.7 Å². The average molecular weight is 570 g/mol. The van der Waals surface area contributed by atoms with E-state index in [1.807, 2.05) is 0 Å². The van der Waals surface area contributed by atoms with Crippen LogP contribution in [0.2, 0.25) is 0 Å². The van der Waals surface area contributed by atoms with E-state index >= 15 is 0 Å². The lowest BCUT2D eigenvalue weighted by Gasteiger charge is -1.59. The van der Waals surface area contributed by atoms with Gasteiger partial charge in [0.1, 0.15) is 0 Å². The molecule has 18 nitrogen and oxygen atoms in total. The maximum Gasteiger partial charge on any atom is 0.300 e. The van der Waals surface area contributed by atoms with Crippen molar-refractivity contribution in [3.05, 3.63) is 6.92 Å². The highest BCUT2D eigenvalue weighted by molar-refractivity contribution is 5.64. The maximum absolute atomic E-state index is 9.00. The fraction of sp³-hybridized carbons (Fsp3) is 0.500. The lowest BCUT2D eigenvalue weighted by atomic mass is 10.9. The molecule has 0 fully saturated rings. The molecule has 0 unspecified atom stereocenters. The van der Waals surface area contributed by atoms with Crippen LogP contribution in [0.5, 0.6) is 0 Å². The standard InChI is InChI=1S/9C2H4O2.C2H5/c9*1-2(3)4;1-2/h9*1H3,(H,3,4);1H2,2H3. The third-order valence-corrected chi connectivity index (χ3v) is 0. The Bertz CT molecular complexity index is 416. The number of hydrogen-bond donors (Lipinski definition) is 9. The van der Waals surface area contributed by atoms with Gasteiger partial charge in [-0.2, -0.15) is 0 Å². The molecule has 0 bridgehead atoms. The summed E-state index contributed by atoms with van der Waals surface area (Å²) < 4.78 is 0. The second kappa shape index (κ2) is 63.6. The minimum atomic E-state index is -0.833. The third-order valence-electron chi connectivity index (χ3n) is 0. The Morgan fingerprint density at radius 1 is 0.263 bits per heavy atom. The minimum Gasteiger partial charge on any atom is -0.481 e. The van der Waals surface area contributed by atoms with Crippen LogP contribution in [0.4, 0.5) is 0 Å². The van der Waals surface area contributed by atoms with E-state index in [0.29, 0.717) is 0 Å². The Morgan fingerprint density at radius 2 is 0.263 bits per heavy atom. The summed E-state index contributed by atoms with van der Waals surface area (Å²) in [4.78, 5) is 81.0. The second-order valence-corrected chi connectivity index (χ2v) is 4.67. The first kappa shape index (κ1) is 64.0. The number of hydrogen-bond acceptors (Lipinski definition) is 9. The largest absolute Gasteiger partial charge is 0.481 e. The molecule has 0 aromatic heterocycles. The van der Waals surface area contributed by atoms with E-state index in [2.05, 4.69) is 6.92 Å². The molecule has 0 spiro atoms. The molecule has 0 rings (SSSR count). The van der Waals surface area contributed by atoms with Crippen LogP contribution in [0, 0.1) is 6.92 Å². The monoisotopic (exact) mass is 569 g/mol. The van der Waals surface area contributed by atoms with Gasteiger partial charge >= 0.3 is 0 Å². The summed E-state index contributed by atoms with van der Waals surface area (Å²) in [6.45, 7) is 14.8. The Morgan fingerprint density at radius 3 is 0.263 bits per heavy atom. The van der Waals surface area contributed by atoms with E-state index in [1.54, 1.807) is 6.92 Å². The number of rotatable bonds is 0. The van der Waals surface area contributed by atoms with Crippen LogP contribution in [-0.4, -0.2) is 99.7 Å². The molecule has 0 aromatic rings. The topological polar surface area (TPSA) is 336 Å². The zero-order valence-electron chi connectivity index (χ0n) is 22.9. The van der Waals surface area contributed by atoms with Crippen LogP contribution >= 0.6 is 0 Å². The van der Waals surface area contributed by atoms with Crippen molar-refractivity contribution < 1.29 is 89.1 Å². The van der Waals surface area contributed by atoms with E-state index in [4.69, 9.17) is 89.1 Å². The van der Waals surface area contributed by atoms with Gasteiger partial charge in [0, 0.05) is 62.3 Å². The molecule has 0 aliphatic carbocycles. The normalized spacial score (nSPS) is 6.08. The molecule has 1 radical (unpaired) electrons. The first-order chi connectivity index (χ1) is 16.6. The van der Waals surface area contributed by atoms with Crippen molar-refractivity contribution in [2.24, 2.45) is 0 Å². The first-order valence-corrected chi connectivity index (χ1v) is 9.06. The van der Waals surface area contributed by atoms with Gasteiger partial charge in [0.05, 0.1) is 0 Å². The molecule has 0 aliphatic rings. The Hall–Kier alpha value is -4.77. The van der Waals surface area contributed by atoms with Gasteiger partial charge in [0.15, 0.2) is 0 Å². The van der Waals surface area contributed by atoms with Crippen LogP contribution in [0.15, 0.2) is 0 Å². The summed E-state index contributed by atoms with van der Waals surface area (Å²) in [7, 11) is 0. The molecule has 9 N–H and O–H groups in total. The van der Waals surface area contributed by atoms with Crippen LogP contribution in [0.1, 0.15) is 69.2 Å². The summed E-state index contributed by atoms with van der Waals surface area (Å²) in [6.07, 6.45) is 0. The molecular weight excluding hydrogens is 528 g/mol. The van der Waals surface area contributed by atoms with Gasteiger partial charge in [-0.15, -0.1) is 0 Å². The molecule has 0 aliphatic heterocycles. The number of carbonyl (C=O) groups is 9. The van der Waals surface area contributed by atoms with Crippen molar-refractivity contribution in [2.75, 3.05) is 0 Å². The number of carboxylic acid groups (broad SMARTS) is 9.